The van der Waals surface area contributed by atoms with E-state index in [4.69, 9.17) is 4.74 Å². The number of para-hydroxylation sites is 1. The van der Waals surface area contributed by atoms with Gasteiger partial charge in [0.1, 0.15) is 11.8 Å². The monoisotopic (exact) mass is 251 g/mol. The van der Waals surface area contributed by atoms with Crippen molar-refractivity contribution in [1.29, 1.82) is 0 Å². The topological polar surface area (TPSA) is 55.4 Å². The first kappa shape index (κ1) is 12.0. The summed E-state index contributed by atoms with van der Waals surface area (Å²) in [6.07, 6.45) is 0. The molecule has 1 fully saturated rings. The molecule has 0 radical (unpaired) electrons. The summed E-state index contributed by atoms with van der Waals surface area (Å²) in [5.74, 6) is 0.727. The van der Waals surface area contributed by atoms with Crippen LogP contribution in [0.2, 0.25) is 0 Å². The Bertz CT molecular complexity index is 421. The fourth-order valence-electron chi connectivity index (χ4n) is 1.59. The molecule has 2 rings (SSSR count). The first-order chi connectivity index (χ1) is 8.16. The number of hydrogen-bond donors (Lipinski definition) is 1. The van der Waals surface area contributed by atoms with Crippen molar-refractivity contribution in [2.75, 3.05) is 6.61 Å². The van der Waals surface area contributed by atoms with E-state index in [0.29, 0.717) is 6.61 Å². The molecule has 0 aromatic heterocycles. The van der Waals surface area contributed by atoms with E-state index >= 15 is 0 Å². The average molecular weight is 251 g/mol. The predicted octanol–water partition coefficient (Wildman–Crippen LogP) is 2.05. The molecule has 90 valence electrons. The molecule has 17 heavy (non-hydrogen) atoms. The third kappa shape index (κ3) is 3.00. The highest BCUT2D eigenvalue weighted by Crippen LogP contribution is 2.21. The number of hydrogen-bond acceptors (Lipinski definition) is 4. The van der Waals surface area contributed by atoms with Gasteiger partial charge in [-0.3, -0.25) is 9.59 Å². The highest BCUT2D eigenvalue weighted by Gasteiger charge is 2.35. The fraction of sp³-hybridized carbons (Fsp3) is 0.333. The highest BCUT2D eigenvalue weighted by molar-refractivity contribution is 8.26. The summed E-state index contributed by atoms with van der Waals surface area (Å²) in [5.41, 5.74) is 0. The van der Waals surface area contributed by atoms with Crippen LogP contribution in [0.1, 0.15) is 6.92 Å². The standard InChI is InChI=1S/C12H13NO3S/c1-8(10-11(14)17-12(15)13-10)7-16-9-5-3-2-4-6-9/h2-6,8,10H,7H2,1H3,(H,13,15). The van der Waals surface area contributed by atoms with Gasteiger partial charge in [-0.25, -0.2) is 0 Å². The van der Waals surface area contributed by atoms with Gasteiger partial charge in [-0.2, -0.15) is 0 Å². The summed E-state index contributed by atoms with van der Waals surface area (Å²) in [5, 5.41) is 2.24. The van der Waals surface area contributed by atoms with Gasteiger partial charge < -0.3 is 10.1 Å². The predicted molar refractivity (Wildman–Crippen MR) is 66.0 cm³/mol. The second-order valence-corrected chi connectivity index (χ2v) is 4.91. The molecule has 0 saturated carbocycles. The Morgan fingerprint density at radius 2 is 2.06 bits per heavy atom. The number of ether oxygens (including phenoxy) is 1. The molecule has 0 aliphatic carbocycles. The van der Waals surface area contributed by atoms with Crippen LogP contribution in [0.5, 0.6) is 5.75 Å². The maximum atomic E-state index is 11.5. The van der Waals surface area contributed by atoms with Crippen molar-refractivity contribution >= 4 is 22.1 Å². The summed E-state index contributed by atoms with van der Waals surface area (Å²) in [4.78, 5) is 22.5. The van der Waals surface area contributed by atoms with Crippen LogP contribution in [-0.4, -0.2) is 23.0 Å². The fourth-order valence-corrected chi connectivity index (χ4v) is 2.37. The SMILES string of the molecule is CC(COc1ccccc1)C1NC(=O)SC1=O. The zero-order chi connectivity index (χ0) is 12.3. The summed E-state index contributed by atoms with van der Waals surface area (Å²) in [6.45, 7) is 2.29. The minimum atomic E-state index is -0.434. The Hall–Kier alpha value is -1.49. The van der Waals surface area contributed by atoms with Gasteiger partial charge in [0.05, 0.1) is 6.61 Å². The molecule has 0 spiro atoms. The van der Waals surface area contributed by atoms with E-state index in [1.54, 1.807) is 0 Å². The summed E-state index contributed by atoms with van der Waals surface area (Å²) in [6, 6.07) is 8.97. The molecule has 1 aromatic rings. The van der Waals surface area contributed by atoms with Crippen LogP contribution < -0.4 is 10.1 Å². The molecular weight excluding hydrogens is 238 g/mol. The van der Waals surface area contributed by atoms with Crippen LogP contribution >= 0.6 is 11.8 Å². The van der Waals surface area contributed by atoms with E-state index < -0.39 is 6.04 Å². The summed E-state index contributed by atoms with van der Waals surface area (Å²) in [7, 11) is 0. The normalized spacial score (nSPS) is 21.1. The zero-order valence-electron chi connectivity index (χ0n) is 9.38. The summed E-state index contributed by atoms with van der Waals surface area (Å²) < 4.78 is 5.55. The lowest BCUT2D eigenvalue weighted by Crippen LogP contribution is -2.37. The first-order valence-electron chi connectivity index (χ1n) is 5.37. The highest BCUT2D eigenvalue weighted by atomic mass is 32.2. The van der Waals surface area contributed by atoms with Crippen LogP contribution in [0.25, 0.3) is 0 Å². The van der Waals surface area contributed by atoms with Gasteiger partial charge in [0.25, 0.3) is 5.24 Å². The van der Waals surface area contributed by atoms with Crippen molar-refractivity contribution in [3.8, 4) is 5.75 Å². The first-order valence-corrected chi connectivity index (χ1v) is 6.18. The molecule has 1 aliphatic heterocycles. The molecule has 1 N–H and O–H groups in total. The van der Waals surface area contributed by atoms with E-state index in [9.17, 15) is 9.59 Å². The lowest BCUT2D eigenvalue weighted by Gasteiger charge is -2.17. The molecule has 2 atom stereocenters. The zero-order valence-corrected chi connectivity index (χ0v) is 10.2. The van der Waals surface area contributed by atoms with Gasteiger partial charge in [-0.05, 0) is 12.1 Å². The van der Waals surface area contributed by atoms with Crippen LogP contribution in [0.15, 0.2) is 30.3 Å². The second-order valence-electron chi connectivity index (χ2n) is 3.93. The van der Waals surface area contributed by atoms with Crippen molar-refractivity contribution in [2.45, 2.75) is 13.0 Å². The Kier molecular flexibility index (Phi) is 3.68. The molecule has 1 heterocycles. The van der Waals surface area contributed by atoms with Crippen molar-refractivity contribution in [2.24, 2.45) is 5.92 Å². The number of nitrogens with one attached hydrogen (secondary N) is 1. The third-order valence-electron chi connectivity index (χ3n) is 2.55. The van der Waals surface area contributed by atoms with Crippen LogP contribution in [-0.2, 0) is 4.79 Å². The second kappa shape index (κ2) is 5.23. The van der Waals surface area contributed by atoms with E-state index in [0.717, 1.165) is 17.5 Å². The molecule has 1 amide bonds. The smallest absolute Gasteiger partial charge is 0.287 e. The Morgan fingerprint density at radius 3 is 2.65 bits per heavy atom. The molecular formula is C12H13NO3S. The Balaban J connectivity index is 1.87. The van der Waals surface area contributed by atoms with Crippen LogP contribution in [0, 0.1) is 5.92 Å². The van der Waals surface area contributed by atoms with Gasteiger partial charge in [0, 0.05) is 17.7 Å². The van der Waals surface area contributed by atoms with Crippen molar-refractivity contribution in [3.05, 3.63) is 30.3 Å². The van der Waals surface area contributed by atoms with E-state index in [1.165, 1.54) is 0 Å². The van der Waals surface area contributed by atoms with Gasteiger partial charge in [0.15, 0.2) is 0 Å². The van der Waals surface area contributed by atoms with Crippen molar-refractivity contribution < 1.29 is 14.3 Å². The van der Waals surface area contributed by atoms with Crippen molar-refractivity contribution in [1.82, 2.24) is 5.32 Å². The number of thioether (sulfide) groups is 1. The van der Waals surface area contributed by atoms with Gasteiger partial charge >= 0.3 is 0 Å². The van der Waals surface area contributed by atoms with E-state index in [-0.39, 0.29) is 16.3 Å². The van der Waals surface area contributed by atoms with Gasteiger partial charge in [-0.15, -0.1) is 0 Å². The molecule has 2 unspecified atom stereocenters. The van der Waals surface area contributed by atoms with Gasteiger partial charge in [0.2, 0.25) is 5.12 Å². The molecule has 5 heteroatoms. The van der Waals surface area contributed by atoms with Gasteiger partial charge in [-0.1, -0.05) is 25.1 Å². The molecule has 1 saturated heterocycles. The van der Waals surface area contributed by atoms with E-state index in [1.807, 2.05) is 37.3 Å². The largest absolute Gasteiger partial charge is 0.493 e. The lowest BCUT2D eigenvalue weighted by atomic mass is 10.1. The number of amides is 1. The van der Waals surface area contributed by atoms with Crippen LogP contribution in [0.4, 0.5) is 4.79 Å². The Labute approximate surface area is 104 Å². The number of rotatable bonds is 4. The minimum absolute atomic E-state index is 0.0401. The number of carbonyl (C=O) groups is 2. The number of carbonyl (C=O) groups excluding carboxylic acids is 2. The van der Waals surface area contributed by atoms with E-state index in [2.05, 4.69) is 5.32 Å². The lowest BCUT2D eigenvalue weighted by molar-refractivity contribution is -0.113. The molecule has 0 bridgehead atoms. The maximum absolute atomic E-state index is 11.5. The molecule has 1 aromatic carbocycles. The minimum Gasteiger partial charge on any atom is -0.493 e. The Morgan fingerprint density at radius 1 is 1.35 bits per heavy atom. The maximum Gasteiger partial charge on any atom is 0.287 e. The average Bonchev–Trinajstić information content (AvgIpc) is 2.67. The third-order valence-corrected chi connectivity index (χ3v) is 3.30. The van der Waals surface area contributed by atoms with Crippen LogP contribution in [0.3, 0.4) is 0 Å². The molecule has 1 aliphatic rings. The van der Waals surface area contributed by atoms with Crippen molar-refractivity contribution in [3.63, 3.8) is 0 Å². The molecule has 4 nitrogen and oxygen atoms in total. The quantitative estimate of drug-likeness (QED) is 0.889. The summed E-state index contributed by atoms with van der Waals surface area (Å²) >= 11 is 0.734. The number of benzene rings is 1.